The van der Waals surface area contributed by atoms with Gasteiger partial charge in [-0.2, -0.15) is 4.98 Å². The van der Waals surface area contributed by atoms with Crippen molar-refractivity contribution in [2.24, 2.45) is 0 Å². The van der Waals surface area contributed by atoms with Crippen molar-refractivity contribution in [2.45, 2.75) is 31.9 Å². The number of rotatable bonds is 6. The maximum atomic E-state index is 12.8. The second kappa shape index (κ2) is 8.04. The third-order valence-corrected chi connectivity index (χ3v) is 4.79. The summed E-state index contributed by atoms with van der Waals surface area (Å²) in [7, 11) is 1.55. The first-order chi connectivity index (χ1) is 14.0. The quantitative estimate of drug-likeness (QED) is 0.680. The first kappa shape index (κ1) is 19.1. The van der Waals surface area contributed by atoms with Gasteiger partial charge in [-0.15, -0.1) is 0 Å². The summed E-state index contributed by atoms with van der Waals surface area (Å²) in [4.78, 5) is 20.4. The van der Waals surface area contributed by atoms with Crippen LogP contribution in [-0.4, -0.2) is 28.1 Å². The molecule has 150 valence electrons. The summed E-state index contributed by atoms with van der Waals surface area (Å²) in [6.07, 6.45) is -0.00916. The molecule has 0 saturated heterocycles. The molecule has 0 spiro atoms. The van der Waals surface area contributed by atoms with Gasteiger partial charge in [0.1, 0.15) is 12.3 Å². The number of alkyl halides is 2. The van der Waals surface area contributed by atoms with Crippen molar-refractivity contribution in [1.82, 2.24) is 20.4 Å². The van der Waals surface area contributed by atoms with Crippen molar-refractivity contribution >= 4 is 5.91 Å². The van der Waals surface area contributed by atoms with Gasteiger partial charge in [-0.3, -0.25) is 9.78 Å². The predicted octanol–water partition coefficient (Wildman–Crippen LogP) is 3.63. The zero-order valence-corrected chi connectivity index (χ0v) is 15.6. The molecule has 4 rings (SSSR count). The van der Waals surface area contributed by atoms with Gasteiger partial charge in [0.25, 0.3) is 18.2 Å². The molecule has 2 heterocycles. The van der Waals surface area contributed by atoms with Crippen molar-refractivity contribution in [3.8, 4) is 11.4 Å². The van der Waals surface area contributed by atoms with Crippen LogP contribution >= 0.6 is 0 Å². The molecule has 0 unspecified atom stereocenters. The minimum absolute atomic E-state index is 0.165. The van der Waals surface area contributed by atoms with Gasteiger partial charge in [0.2, 0.25) is 5.82 Å². The van der Waals surface area contributed by atoms with E-state index in [9.17, 15) is 13.6 Å². The Morgan fingerprint density at radius 2 is 2.21 bits per heavy atom. The molecule has 1 N–H and O–H groups in total. The lowest BCUT2D eigenvalue weighted by Gasteiger charge is -2.14. The number of benzene rings is 1. The molecule has 0 aliphatic heterocycles. The maximum Gasteiger partial charge on any atom is 0.280 e. The van der Waals surface area contributed by atoms with E-state index in [1.54, 1.807) is 7.11 Å². The molecule has 1 amide bonds. The molecule has 0 bridgehead atoms. The Kier molecular flexibility index (Phi) is 5.30. The summed E-state index contributed by atoms with van der Waals surface area (Å²) < 4.78 is 35.7. The number of fused-ring (bicyclic) bond motifs is 1. The van der Waals surface area contributed by atoms with E-state index >= 15 is 0 Å². The fourth-order valence-electron chi connectivity index (χ4n) is 3.41. The number of ether oxygens (including phenoxy) is 1. The number of aryl methyl sites for hydroxylation is 1. The Balaban J connectivity index is 1.50. The van der Waals surface area contributed by atoms with E-state index in [1.165, 1.54) is 12.3 Å². The molecule has 0 saturated carbocycles. The van der Waals surface area contributed by atoms with Gasteiger partial charge >= 0.3 is 0 Å². The Labute approximate surface area is 165 Å². The predicted molar refractivity (Wildman–Crippen MR) is 98.2 cm³/mol. The van der Waals surface area contributed by atoms with Crippen LogP contribution in [0.25, 0.3) is 11.4 Å². The molecule has 1 aliphatic carbocycles. The van der Waals surface area contributed by atoms with Crippen LogP contribution in [0.4, 0.5) is 8.78 Å². The molecule has 1 aliphatic rings. The Hall–Kier alpha value is -3.20. The number of nitrogens with one attached hydrogen (secondary N) is 1. The average molecular weight is 400 g/mol. The number of hydrogen-bond donors (Lipinski definition) is 1. The van der Waals surface area contributed by atoms with Crippen LogP contribution in [0.5, 0.6) is 0 Å². The minimum Gasteiger partial charge on any atom is -0.375 e. The van der Waals surface area contributed by atoms with E-state index in [1.807, 2.05) is 18.2 Å². The number of methoxy groups -OCH3 is 1. The lowest BCUT2D eigenvalue weighted by molar-refractivity contribution is 0.0936. The molecule has 1 atom stereocenters. The highest BCUT2D eigenvalue weighted by Crippen LogP contribution is 2.34. The van der Waals surface area contributed by atoms with Gasteiger partial charge in [-0.1, -0.05) is 17.3 Å². The fourth-order valence-corrected chi connectivity index (χ4v) is 3.41. The number of carbonyl (C=O) groups is 1. The van der Waals surface area contributed by atoms with Gasteiger partial charge in [-0.25, -0.2) is 8.78 Å². The summed E-state index contributed by atoms with van der Waals surface area (Å²) >= 11 is 0. The van der Waals surface area contributed by atoms with Crippen molar-refractivity contribution < 1.29 is 22.8 Å². The third kappa shape index (κ3) is 4.00. The smallest absolute Gasteiger partial charge is 0.280 e. The van der Waals surface area contributed by atoms with Gasteiger partial charge in [0.15, 0.2) is 0 Å². The van der Waals surface area contributed by atoms with Crippen molar-refractivity contribution in [1.29, 1.82) is 0 Å². The number of amides is 1. The Morgan fingerprint density at radius 3 is 3.00 bits per heavy atom. The third-order valence-electron chi connectivity index (χ3n) is 4.79. The summed E-state index contributed by atoms with van der Waals surface area (Å²) in [5, 5.41) is 6.88. The number of aromatic nitrogens is 3. The number of halogens is 2. The van der Waals surface area contributed by atoms with Crippen molar-refractivity contribution in [3.05, 3.63) is 64.8 Å². The first-order valence-electron chi connectivity index (χ1n) is 9.05. The maximum absolute atomic E-state index is 12.8. The lowest BCUT2D eigenvalue weighted by Crippen LogP contribution is -2.27. The summed E-state index contributed by atoms with van der Waals surface area (Å²) in [5.74, 6) is 0.468. The van der Waals surface area contributed by atoms with Crippen molar-refractivity contribution in [2.75, 3.05) is 7.11 Å². The number of hydrogen-bond acceptors (Lipinski definition) is 6. The van der Waals surface area contributed by atoms with E-state index in [0.29, 0.717) is 11.7 Å². The van der Waals surface area contributed by atoms with Crippen LogP contribution in [0.3, 0.4) is 0 Å². The summed E-state index contributed by atoms with van der Waals surface area (Å²) in [5.41, 5.74) is 2.64. The van der Waals surface area contributed by atoms with Crippen LogP contribution in [0.2, 0.25) is 0 Å². The molecule has 0 fully saturated rings. The number of nitrogens with zero attached hydrogens (tertiary/aromatic N) is 3. The zero-order valence-electron chi connectivity index (χ0n) is 15.6. The summed E-state index contributed by atoms with van der Waals surface area (Å²) in [6, 6.07) is 8.12. The molecular weight excluding hydrogens is 382 g/mol. The molecule has 0 radical (unpaired) electrons. The fraction of sp³-hybridized carbons (Fsp3) is 0.300. The topological polar surface area (TPSA) is 90.1 Å². The van der Waals surface area contributed by atoms with Crippen LogP contribution in [-0.2, 0) is 17.8 Å². The van der Waals surface area contributed by atoms with Gasteiger partial charge in [0.05, 0.1) is 6.04 Å². The molecule has 9 heteroatoms. The highest BCUT2D eigenvalue weighted by atomic mass is 19.3. The minimum atomic E-state index is -2.72. The van der Waals surface area contributed by atoms with Gasteiger partial charge < -0.3 is 14.6 Å². The van der Waals surface area contributed by atoms with E-state index in [-0.39, 0.29) is 18.2 Å². The van der Waals surface area contributed by atoms with Crippen LogP contribution in [0.15, 0.2) is 41.1 Å². The van der Waals surface area contributed by atoms with E-state index < -0.39 is 18.0 Å². The van der Waals surface area contributed by atoms with Crippen LogP contribution in [0.1, 0.15) is 52.0 Å². The SMILES string of the molecule is COCc1nc(-c2ccc3c(c2)CC[C@H]3NC(=O)c2ccnc(C(F)F)c2)no1. The number of carbonyl (C=O) groups excluding carboxylic acids is 1. The number of pyridine rings is 1. The molecule has 2 aromatic heterocycles. The second-order valence-electron chi connectivity index (χ2n) is 6.69. The molecule has 29 heavy (non-hydrogen) atoms. The molecule has 3 aromatic rings. The lowest BCUT2D eigenvalue weighted by atomic mass is 10.0. The van der Waals surface area contributed by atoms with E-state index in [0.717, 1.165) is 35.6 Å². The standard InChI is InChI=1S/C20H18F2N4O3/c1-28-10-17-25-19(26-29-17)12-2-4-14-11(8-12)3-5-15(14)24-20(27)13-6-7-23-16(9-13)18(21)22/h2,4,6-9,15,18H,3,5,10H2,1H3,(H,24,27)/t15-/m1/s1. The Bertz CT molecular complexity index is 1040. The van der Waals surface area contributed by atoms with Crippen molar-refractivity contribution in [3.63, 3.8) is 0 Å². The highest BCUT2D eigenvalue weighted by molar-refractivity contribution is 5.94. The highest BCUT2D eigenvalue weighted by Gasteiger charge is 2.25. The molecule has 1 aromatic carbocycles. The first-order valence-corrected chi connectivity index (χ1v) is 9.05. The zero-order chi connectivity index (χ0) is 20.4. The normalized spacial score (nSPS) is 15.5. The monoisotopic (exact) mass is 400 g/mol. The van der Waals surface area contributed by atoms with Crippen LogP contribution in [0, 0.1) is 0 Å². The molecular formula is C20H18F2N4O3. The van der Waals surface area contributed by atoms with E-state index in [2.05, 4.69) is 20.4 Å². The average Bonchev–Trinajstić information content (AvgIpc) is 3.35. The van der Waals surface area contributed by atoms with Gasteiger partial charge in [-0.05, 0) is 42.2 Å². The molecule has 7 nitrogen and oxygen atoms in total. The largest absolute Gasteiger partial charge is 0.375 e. The van der Waals surface area contributed by atoms with E-state index in [4.69, 9.17) is 9.26 Å². The summed E-state index contributed by atoms with van der Waals surface area (Å²) in [6.45, 7) is 0.244. The van der Waals surface area contributed by atoms with Gasteiger partial charge in [0, 0.05) is 24.4 Å². The Morgan fingerprint density at radius 1 is 1.34 bits per heavy atom. The second-order valence-corrected chi connectivity index (χ2v) is 6.69. The van der Waals surface area contributed by atoms with Crippen LogP contribution < -0.4 is 5.32 Å².